The molecule has 0 saturated heterocycles. The smallest absolute Gasteiger partial charge is 0.328 e. The minimum Gasteiger partial charge on any atom is -0.328 e. The van der Waals surface area contributed by atoms with Crippen molar-refractivity contribution < 1.29 is 37.1 Å². The van der Waals surface area contributed by atoms with Crippen molar-refractivity contribution in [2.75, 3.05) is 26.4 Å². The van der Waals surface area contributed by atoms with Gasteiger partial charge < -0.3 is 32.8 Å². The molecule has 0 aliphatic rings. The Morgan fingerprint density at radius 3 is 1.03 bits per heavy atom. The number of unbranched alkanes of at least 4 members (excludes halogenated alkanes) is 16. The summed E-state index contributed by atoms with van der Waals surface area (Å²) < 4.78 is 26.2. The molecule has 0 aromatic heterocycles. The van der Waals surface area contributed by atoms with Crippen LogP contribution in [0.3, 0.4) is 0 Å². The van der Waals surface area contributed by atoms with E-state index in [-0.39, 0.29) is 0 Å². The van der Waals surface area contributed by atoms with Crippen LogP contribution in [0.15, 0.2) is 0 Å². The Hall–Kier alpha value is 0.970. The summed E-state index contributed by atoms with van der Waals surface area (Å²) in [6.45, 7) is 11.0. The number of rotatable bonds is 30. The van der Waals surface area contributed by atoms with Gasteiger partial charge in [-0.2, -0.15) is 0 Å². The third-order valence-corrected chi connectivity index (χ3v) is 8.64. The molecule has 11 heteroatoms. The first-order chi connectivity index (χ1) is 19.0. The first-order valence-corrected chi connectivity index (χ1v) is 19.1. The summed E-state index contributed by atoms with van der Waals surface area (Å²) in [5.74, 6) is 0. The first-order valence-electron chi connectivity index (χ1n) is 15.7. The maximum Gasteiger partial charge on any atom is 0.339 e. The molecule has 0 aliphatic heterocycles. The highest BCUT2D eigenvalue weighted by Gasteiger charge is 2.17. The van der Waals surface area contributed by atoms with Crippen LogP contribution in [0.2, 0.25) is 0 Å². The summed E-state index contributed by atoms with van der Waals surface area (Å²) in [5, 5.41) is 0. The average molecular weight is 621 g/mol. The van der Waals surface area contributed by atoms with E-state index in [1.165, 1.54) is 77.0 Å². The highest BCUT2D eigenvalue weighted by Crippen LogP contribution is 2.50. The second kappa shape index (κ2) is 37.0. The molecule has 0 aromatic carbocycles. The van der Waals surface area contributed by atoms with Crippen molar-refractivity contribution in [1.82, 2.24) is 0 Å². The van der Waals surface area contributed by atoms with Gasteiger partial charge in [0.15, 0.2) is 0 Å². The van der Waals surface area contributed by atoms with E-state index in [0.29, 0.717) is 26.4 Å². The van der Waals surface area contributed by atoms with E-state index in [1.807, 2.05) is 0 Å². The van der Waals surface area contributed by atoms with Crippen LogP contribution in [-0.2, 0) is 22.4 Å². The lowest BCUT2D eigenvalue weighted by Gasteiger charge is -2.16. The van der Waals surface area contributed by atoms with Crippen LogP contribution in [0, 0.1) is 0 Å². The maximum absolute atomic E-state index is 9.12. The standard InChI is InChI=1S/C20H44O5P2.C8H19O3P/c1-3-5-7-9-11-13-15-17-19-23-27(25-26(21)22)24-20-18-16-14-12-10-8-6-4-2;1-3-5-7-10-12(9)11-8-6-4-2/h21-22H,3-20H2,1-2H3;9H,3-8H2,1-2H3. The SMILES string of the molecule is CCCCCCCCCCOP(OCCCCCCCCCC)OP(O)O.CCCCOP(O)OCCCC. The van der Waals surface area contributed by atoms with Crippen molar-refractivity contribution in [2.24, 2.45) is 0 Å². The van der Waals surface area contributed by atoms with Crippen molar-refractivity contribution in [3.8, 4) is 0 Å². The second-order valence-corrected chi connectivity index (χ2v) is 12.9. The zero-order valence-electron chi connectivity index (χ0n) is 25.7. The molecule has 0 rings (SSSR count). The lowest BCUT2D eigenvalue weighted by atomic mass is 10.1. The van der Waals surface area contributed by atoms with E-state index in [4.69, 9.17) is 37.1 Å². The minimum absolute atomic E-state index is 0.557. The van der Waals surface area contributed by atoms with Crippen LogP contribution in [0.25, 0.3) is 0 Å². The van der Waals surface area contributed by atoms with Crippen molar-refractivity contribution in [3.63, 3.8) is 0 Å². The van der Waals surface area contributed by atoms with Gasteiger partial charge in [-0.25, -0.2) is 4.31 Å². The fourth-order valence-corrected chi connectivity index (χ4v) is 5.64. The first kappa shape index (κ1) is 42.1. The molecule has 0 saturated carbocycles. The summed E-state index contributed by atoms with van der Waals surface area (Å²) in [7, 11) is -5.67. The highest BCUT2D eigenvalue weighted by atomic mass is 31.2. The van der Waals surface area contributed by atoms with Crippen molar-refractivity contribution in [2.45, 2.75) is 156 Å². The van der Waals surface area contributed by atoms with Gasteiger partial charge in [0.1, 0.15) is 0 Å². The normalized spacial score (nSPS) is 11.5. The molecule has 0 fully saturated rings. The molecule has 0 aromatic rings. The molecule has 238 valence electrons. The van der Waals surface area contributed by atoms with Gasteiger partial charge in [0.05, 0.1) is 26.4 Å². The van der Waals surface area contributed by atoms with Crippen LogP contribution >= 0.6 is 25.8 Å². The molecule has 0 aliphatic carbocycles. The van der Waals surface area contributed by atoms with E-state index in [0.717, 1.165) is 51.4 Å². The number of hydrogen-bond acceptors (Lipinski definition) is 8. The van der Waals surface area contributed by atoms with Gasteiger partial charge in [-0.05, 0) is 25.7 Å². The fraction of sp³-hybridized carbons (Fsp3) is 1.00. The molecular formula is C28H63O8P3. The highest BCUT2D eigenvalue weighted by molar-refractivity contribution is 7.54. The van der Waals surface area contributed by atoms with Gasteiger partial charge in [-0.1, -0.05) is 130 Å². The molecule has 0 unspecified atom stereocenters. The maximum atomic E-state index is 9.12. The van der Waals surface area contributed by atoms with Crippen LogP contribution in [0.5, 0.6) is 0 Å². The largest absolute Gasteiger partial charge is 0.339 e. The number of hydrogen-bond donors (Lipinski definition) is 3. The van der Waals surface area contributed by atoms with Crippen molar-refractivity contribution in [3.05, 3.63) is 0 Å². The molecule has 0 radical (unpaired) electrons. The summed E-state index contributed by atoms with van der Waals surface area (Å²) in [5.41, 5.74) is 0. The van der Waals surface area contributed by atoms with Gasteiger partial charge >= 0.3 is 25.8 Å². The van der Waals surface area contributed by atoms with Gasteiger partial charge in [0, 0.05) is 0 Å². The quantitative estimate of drug-likeness (QED) is 0.0538. The summed E-state index contributed by atoms with van der Waals surface area (Å²) in [4.78, 5) is 27.3. The second-order valence-electron chi connectivity index (χ2n) is 9.79. The Kier molecular flexibility index (Phi) is 39.9. The zero-order valence-corrected chi connectivity index (χ0v) is 28.4. The van der Waals surface area contributed by atoms with E-state index in [1.54, 1.807) is 0 Å². The molecule has 0 bridgehead atoms. The zero-order chi connectivity index (χ0) is 29.2. The molecule has 0 heterocycles. The van der Waals surface area contributed by atoms with Crippen molar-refractivity contribution >= 4 is 25.8 Å². The lowest BCUT2D eigenvalue weighted by Crippen LogP contribution is -1.97. The Bertz CT molecular complexity index is 408. The predicted molar refractivity (Wildman–Crippen MR) is 167 cm³/mol. The average Bonchev–Trinajstić information content (AvgIpc) is 2.91. The van der Waals surface area contributed by atoms with E-state index >= 15 is 0 Å². The fourth-order valence-electron chi connectivity index (χ4n) is 3.51. The van der Waals surface area contributed by atoms with Crippen LogP contribution in [0.4, 0.5) is 0 Å². The van der Waals surface area contributed by atoms with Crippen LogP contribution in [0.1, 0.15) is 156 Å². The molecule has 0 amide bonds. The van der Waals surface area contributed by atoms with E-state index in [9.17, 15) is 0 Å². The topological polar surface area (TPSA) is 107 Å². The molecule has 39 heavy (non-hydrogen) atoms. The van der Waals surface area contributed by atoms with E-state index < -0.39 is 25.8 Å². The van der Waals surface area contributed by atoms with Crippen LogP contribution in [-0.4, -0.2) is 41.1 Å². The Labute approximate surface area is 245 Å². The molecule has 8 nitrogen and oxygen atoms in total. The van der Waals surface area contributed by atoms with Gasteiger partial charge in [-0.3, -0.25) is 0 Å². The van der Waals surface area contributed by atoms with Crippen molar-refractivity contribution in [1.29, 1.82) is 0 Å². The molecular weight excluding hydrogens is 557 g/mol. The molecule has 0 atom stereocenters. The summed E-state index contributed by atoms with van der Waals surface area (Å²) in [6, 6.07) is 0. The third-order valence-electron chi connectivity index (χ3n) is 5.93. The van der Waals surface area contributed by atoms with Gasteiger partial charge in [0.2, 0.25) is 0 Å². The minimum atomic E-state index is -2.43. The Morgan fingerprint density at radius 2 is 0.692 bits per heavy atom. The monoisotopic (exact) mass is 620 g/mol. The van der Waals surface area contributed by atoms with Gasteiger partial charge in [-0.15, -0.1) is 0 Å². The molecule has 0 spiro atoms. The predicted octanol–water partition coefficient (Wildman–Crippen LogP) is 10.6. The van der Waals surface area contributed by atoms with Crippen LogP contribution < -0.4 is 0 Å². The summed E-state index contributed by atoms with van der Waals surface area (Å²) >= 11 is 0. The Morgan fingerprint density at radius 1 is 0.385 bits per heavy atom. The third kappa shape index (κ3) is 39.0. The lowest BCUT2D eigenvalue weighted by molar-refractivity contribution is 0.191. The van der Waals surface area contributed by atoms with Gasteiger partial charge in [0.25, 0.3) is 0 Å². The summed E-state index contributed by atoms with van der Waals surface area (Å²) in [6.07, 6.45) is 24.0. The van der Waals surface area contributed by atoms with E-state index in [2.05, 4.69) is 27.7 Å². The Balaban J connectivity index is 0. The molecule has 3 N–H and O–H groups in total.